The third-order valence-corrected chi connectivity index (χ3v) is 4.54. The van der Waals surface area contributed by atoms with Crippen LogP contribution in [-0.4, -0.2) is 11.0 Å². The number of rotatable bonds is 2. The van der Waals surface area contributed by atoms with E-state index in [2.05, 4.69) is 50.1 Å². The average molecular weight is 260 g/mol. The Morgan fingerprint density at radius 3 is 2.21 bits per heavy atom. The molecule has 1 aromatic heterocycles. The van der Waals surface area contributed by atoms with Crippen LogP contribution in [0, 0.1) is 25.2 Å². The highest BCUT2D eigenvalue weighted by molar-refractivity contribution is 5.48. The van der Waals surface area contributed by atoms with Gasteiger partial charge in [0, 0.05) is 11.7 Å². The second-order valence-corrected chi connectivity index (χ2v) is 7.14. The molecule has 106 valence electrons. The van der Waals surface area contributed by atoms with Gasteiger partial charge in [-0.2, -0.15) is 0 Å². The highest BCUT2D eigenvalue weighted by Gasteiger charge is 2.29. The number of nitrogens with zero attached hydrogens (tertiary/aromatic N) is 1. The lowest BCUT2D eigenvalue weighted by Gasteiger charge is -2.37. The molecule has 0 radical (unpaired) electrons. The second kappa shape index (κ2) is 5.52. The molecule has 0 bridgehead atoms. The smallest absolute Gasteiger partial charge is 0.0606 e. The molecule has 19 heavy (non-hydrogen) atoms. The summed E-state index contributed by atoms with van der Waals surface area (Å²) in [4.78, 5) is 4.53. The first kappa shape index (κ1) is 14.4. The van der Waals surface area contributed by atoms with Gasteiger partial charge in [0.05, 0.1) is 11.4 Å². The molecule has 1 fully saturated rings. The highest BCUT2D eigenvalue weighted by atomic mass is 14.9. The summed E-state index contributed by atoms with van der Waals surface area (Å²) >= 11 is 0. The predicted molar refractivity (Wildman–Crippen MR) is 82.5 cm³/mol. The van der Waals surface area contributed by atoms with E-state index in [4.69, 9.17) is 0 Å². The Kier molecular flexibility index (Phi) is 4.17. The summed E-state index contributed by atoms with van der Waals surface area (Å²) in [5.74, 6) is 0.878. The van der Waals surface area contributed by atoms with Gasteiger partial charge in [0.15, 0.2) is 0 Å². The molecular formula is C17H28N2. The van der Waals surface area contributed by atoms with Gasteiger partial charge in [-0.3, -0.25) is 4.98 Å². The van der Waals surface area contributed by atoms with Crippen LogP contribution < -0.4 is 5.32 Å². The molecule has 0 atom stereocenters. The van der Waals surface area contributed by atoms with Crippen molar-refractivity contribution in [1.29, 1.82) is 0 Å². The van der Waals surface area contributed by atoms with Gasteiger partial charge in [-0.1, -0.05) is 20.8 Å². The van der Waals surface area contributed by atoms with Gasteiger partial charge in [-0.05, 0) is 63.0 Å². The quantitative estimate of drug-likeness (QED) is 0.832. The zero-order valence-corrected chi connectivity index (χ0v) is 13.1. The van der Waals surface area contributed by atoms with Crippen LogP contribution in [0.1, 0.15) is 57.8 Å². The maximum Gasteiger partial charge on any atom is 0.0606 e. The van der Waals surface area contributed by atoms with Gasteiger partial charge >= 0.3 is 0 Å². The van der Waals surface area contributed by atoms with Gasteiger partial charge in [0.25, 0.3) is 0 Å². The Labute approximate surface area is 118 Å². The summed E-state index contributed by atoms with van der Waals surface area (Å²) < 4.78 is 0. The summed E-state index contributed by atoms with van der Waals surface area (Å²) in [6.45, 7) is 11.3. The minimum Gasteiger partial charge on any atom is -0.381 e. The maximum absolute atomic E-state index is 4.53. The molecule has 1 aliphatic rings. The number of anilines is 1. The molecule has 2 rings (SSSR count). The molecule has 1 aliphatic carbocycles. The molecule has 2 nitrogen and oxygen atoms in total. The van der Waals surface area contributed by atoms with Crippen LogP contribution in [0.4, 0.5) is 5.69 Å². The van der Waals surface area contributed by atoms with Crippen LogP contribution in [0.25, 0.3) is 0 Å². The van der Waals surface area contributed by atoms with Crippen LogP contribution >= 0.6 is 0 Å². The zero-order chi connectivity index (χ0) is 14.0. The van der Waals surface area contributed by atoms with E-state index in [1.165, 1.54) is 31.4 Å². The van der Waals surface area contributed by atoms with Gasteiger partial charge in [-0.15, -0.1) is 0 Å². The van der Waals surface area contributed by atoms with Crippen molar-refractivity contribution in [1.82, 2.24) is 4.98 Å². The molecule has 1 saturated carbocycles. The summed E-state index contributed by atoms with van der Waals surface area (Å²) in [7, 11) is 0. The van der Waals surface area contributed by atoms with Crippen molar-refractivity contribution in [3.8, 4) is 0 Å². The maximum atomic E-state index is 4.53. The van der Waals surface area contributed by atoms with Crippen molar-refractivity contribution in [2.45, 2.75) is 66.3 Å². The highest BCUT2D eigenvalue weighted by Crippen LogP contribution is 2.38. The number of aryl methyl sites for hydroxylation is 2. The molecule has 1 heterocycles. The van der Waals surface area contributed by atoms with E-state index in [0.29, 0.717) is 11.5 Å². The Morgan fingerprint density at radius 2 is 1.68 bits per heavy atom. The molecule has 0 aromatic carbocycles. The van der Waals surface area contributed by atoms with E-state index in [1.807, 2.05) is 6.92 Å². The third kappa shape index (κ3) is 3.71. The Hall–Kier alpha value is -1.05. The number of nitrogens with one attached hydrogen (secondary N) is 1. The standard InChI is InChI=1S/C17H28N2/c1-12-6-11-16(13(2)18-12)19-15-9-7-14(8-10-15)17(3,4)5/h6,11,14-15,19H,7-10H2,1-5H3. The lowest BCUT2D eigenvalue weighted by Crippen LogP contribution is -2.31. The van der Waals surface area contributed by atoms with E-state index in [0.717, 1.165) is 17.3 Å². The molecule has 0 saturated heterocycles. The van der Waals surface area contributed by atoms with Crippen molar-refractivity contribution < 1.29 is 0 Å². The molecule has 1 aromatic rings. The van der Waals surface area contributed by atoms with Gasteiger partial charge < -0.3 is 5.32 Å². The third-order valence-electron chi connectivity index (χ3n) is 4.54. The van der Waals surface area contributed by atoms with Crippen LogP contribution in [0.3, 0.4) is 0 Å². The lowest BCUT2D eigenvalue weighted by atomic mass is 9.71. The average Bonchev–Trinajstić information content (AvgIpc) is 2.32. The summed E-state index contributed by atoms with van der Waals surface area (Å²) in [6, 6.07) is 4.89. The number of pyridine rings is 1. The fourth-order valence-electron chi connectivity index (χ4n) is 3.16. The monoisotopic (exact) mass is 260 g/mol. The summed E-state index contributed by atoms with van der Waals surface area (Å²) in [5.41, 5.74) is 3.90. The van der Waals surface area contributed by atoms with Crippen molar-refractivity contribution in [3.63, 3.8) is 0 Å². The van der Waals surface area contributed by atoms with E-state index >= 15 is 0 Å². The van der Waals surface area contributed by atoms with Gasteiger partial charge in [0.2, 0.25) is 0 Å². The fourth-order valence-corrected chi connectivity index (χ4v) is 3.16. The van der Waals surface area contributed by atoms with E-state index in [1.54, 1.807) is 0 Å². The number of hydrogen-bond acceptors (Lipinski definition) is 2. The molecule has 2 heteroatoms. The SMILES string of the molecule is Cc1ccc(NC2CCC(C(C)(C)C)CC2)c(C)n1. The van der Waals surface area contributed by atoms with Crippen molar-refractivity contribution >= 4 is 5.69 Å². The Morgan fingerprint density at radius 1 is 1.05 bits per heavy atom. The minimum absolute atomic E-state index is 0.465. The molecule has 0 unspecified atom stereocenters. The van der Waals surface area contributed by atoms with E-state index < -0.39 is 0 Å². The first-order valence-corrected chi connectivity index (χ1v) is 7.57. The van der Waals surface area contributed by atoms with Gasteiger partial charge in [-0.25, -0.2) is 0 Å². The van der Waals surface area contributed by atoms with Crippen LogP contribution in [0.5, 0.6) is 0 Å². The van der Waals surface area contributed by atoms with E-state index in [-0.39, 0.29) is 0 Å². The molecule has 0 spiro atoms. The van der Waals surface area contributed by atoms with Crippen LogP contribution in [-0.2, 0) is 0 Å². The van der Waals surface area contributed by atoms with Crippen molar-refractivity contribution in [3.05, 3.63) is 23.5 Å². The van der Waals surface area contributed by atoms with Crippen molar-refractivity contribution in [2.75, 3.05) is 5.32 Å². The molecular weight excluding hydrogens is 232 g/mol. The lowest BCUT2D eigenvalue weighted by molar-refractivity contribution is 0.173. The molecule has 1 N–H and O–H groups in total. The fraction of sp³-hybridized carbons (Fsp3) is 0.706. The van der Waals surface area contributed by atoms with Crippen LogP contribution in [0.2, 0.25) is 0 Å². The van der Waals surface area contributed by atoms with Crippen LogP contribution in [0.15, 0.2) is 12.1 Å². The molecule has 0 aliphatic heterocycles. The summed E-state index contributed by atoms with van der Waals surface area (Å²) in [5, 5.41) is 3.69. The zero-order valence-electron chi connectivity index (χ0n) is 13.1. The first-order chi connectivity index (χ1) is 8.86. The minimum atomic E-state index is 0.465. The summed E-state index contributed by atoms with van der Waals surface area (Å²) in [6.07, 6.45) is 5.27. The predicted octanol–water partition coefficient (Wildman–Crippen LogP) is 4.72. The molecule has 0 amide bonds. The number of hydrogen-bond donors (Lipinski definition) is 1. The van der Waals surface area contributed by atoms with Crippen molar-refractivity contribution in [2.24, 2.45) is 11.3 Å². The topological polar surface area (TPSA) is 24.9 Å². The second-order valence-electron chi connectivity index (χ2n) is 7.14. The largest absolute Gasteiger partial charge is 0.381 e. The van der Waals surface area contributed by atoms with E-state index in [9.17, 15) is 0 Å². The number of aromatic nitrogens is 1. The normalized spacial score (nSPS) is 24.3. The van der Waals surface area contributed by atoms with Gasteiger partial charge in [0.1, 0.15) is 0 Å². The Bertz CT molecular complexity index is 423. The first-order valence-electron chi connectivity index (χ1n) is 7.57. The Balaban J connectivity index is 1.92.